The number of carbonyl (C=O) groups excluding carboxylic acids is 2. The number of hydrogen-bond donors (Lipinski definition) is 2. The van der Waals surface area contributed by atoms with Crippen molar-refractivity contribution in [2.24, 2.45) is 5.92 Å². The van der Waals surface area contributed by atoms with Crippen molar-refractivity contribution in [2.45, 2.75) is 18.4 Å². The topological polar surface area (TPSA) is 105 Å². The molecular formula is C26H30N2O6S. The van der Waals surface area contributed by atoms with Crippen LogP contribution in [0.25, 0.3) is 11.1 Å². The van der Waals surface area contributed by atoms with Gasteiger partial charge in [-0.3, -0.25) is 9.59 Å². The van der Waals surface area contributed by atoms with Gasteiger partial charge in [0, 0.05) is 37.3 Å². The second-order valence-corrected chi connectivity index (χ2v) is 9.68. The highest BCUT2D eigenvalue weighted by molar-refractivity contribution is 7.98. The molecule has 1 heterocycles. The molecule has 35 heavy (non-hydrogen) atoms. The maximum absolute atomic E-state index is 13.0. The lowest BCUT2D eigenvalue weighted by Crippen LogP contribution is -2.47. The largest absolute Gasteiger partial charge is 0.480 e. The molecular weight excluding hydrogens is 468 g/mol. The van der Waals surface area contributed by atoms with Gasteiger partial charge in [-0.05, 0) is 34.9 Å². The van der Waals surface area contributed by atoms with Crippen LogP contribution in [0, 0.1) is 5.92 Å². The summed E-state index contributed by atoms with van der Waals surface area (Å²) in [7, 11) is 0. The van der Waals surface area contributed by atoms with E-state index in [4.69, 9.17) is 9.47 Å². The van der Waals surface area contributed by atoms with Gasteiger partial charge in [0.25, 0.3) is 5.91 Å². The molecule has 8 nitrogen and oxygen atoms in total. The second kappa shape index (κ2) is 11.6. The molecule has 0 radical (unpaired) electrons. The predicted molar refractivity (Wildman–Crippen MR) is 134 cm³/mol. The van der Waals surface area contributed by atoms with Gasteiger partial charge in [0.2, 0.25) is 0 Å². The summed E-state index contributed by atoms with van der Waals surface area (Å²) in [5, 5.41) is 11.9. The third-order valence-corrected chi connectivity index (χ3v) is 7.10. The van der Waals surface area contributed by atoms with Crippen molar-refractivity contribution >= 4 is 29.7 Å². The number of fused-ring (bicyclic) bond motifs is 3. The zero-order valence-electron chi connectivity index (χ0n) is 19.6. The number of nitrogens with zero attached hydrogens (tertiary/aromatic N) is 1. The standard InChI is InChI=1S/C26H30N2O6S/c1-35-13-11-28(15-23(29)30)25(31)24-17(10-12-33-24)14-27-26(32)34-16-22-20-8-4-2-6-18(20)19-7-3-5-9-21(19)22/h2-9,17,22,24H,10-16H2,1H3,(H,27,32)(H,29,30)/t17-,24-/m1/s1. The zero-order valence-corrected chi connectivity index (χ0v) is 20.5. The van der Waals surface area contributed by atoms with E-state index >= 15 is 0 Å². The van der Waals surface area contributed by atoms with Crippen LogP contribution in [0.5, 0.6) is 0 Å². The Labute approximate surface area is 209 Å². The van der Waals surface area contributed by atoms with Crippen molar-refractivity contribution in [3.63, 3.8) is 0 Å². The molecule has 186 valence electrons. The van der Waals surface area contributed by atoms with Crippen molar-refractivity contribution in [2.75, 3.05) is 44.9 Å². The van der Waals surface area contributed by atoms with E-state index in [0.717, 1.165) is 22.3 Å². The van der Waals surface area contributed by atoms with E-state index in [2.05, 4.69) is 29.6 Å². The van der Waals surface area contributed by atoms with Crippen LogP contribution in [-0.2, 0) is 19.1 Å². The molecule has 0 aromatic heterocycles. The van der Waals surface area contributed by atoms with E-state index < -0.39 is 18.2 Å². The maximum atomic E-state index is 13.0. The molecule has 0 saturated carbocycles. The summed E-state index contributed by atoms with van der Waals surface area (Å²) >= 11 is 1.54. The normalized spacial score (nSPS) is 18.5. The summed E-state index contributed by atoms with van der Waals surface area (Å²) in [6.07, 6.45) is 1.18. The number of alkyl carbamates (subject to hydrolysis) is 1. The minimum Gasteiger partial charge on any atom is -0.480 e. The Kier molecular flexibility index (Phi) is 8.30. The second-order valence-electron chi connectivity index (χ2n) is 8.69. The lowest BCUT2D eigenvalue weighted by atomic mass is 9.98. The SMILES string of the molecule is CSCCN(CC(=O)O)C(=O)[C@@H]1OCC[C@@H]1CNC(=O)OCC1c2ccccc2-c2ccccc21. The number of carbonyl (C=O) groups is 3. The Morgan fingerprint density at radius 1 is 1.11 bits per heavy atom. The van der Waals surface area contributed by atoms with Crippen LogP contribution in [0.4, 0.5) is 4.79 Å². The van der Waals surface area contributed by atoms with Gasteiger partial charge in [0.1, 0.15) is 19.3 Å². The molecule has 4 rings (SSSR count). The molecule has 0 spiro atoms. The molecule has 9 heteroatoms. The first-order valence-corrected chi connectivity index (χ1v) is 13.1. The van der Waals surface area contributed by atoms with Crippen LogP contribution >= 0.6 is 11.8 Å². The monoisotopic (exact) mass is 498 g/mol. The Morgan fingerprint density at radius 3 is 2.40 bits per heavy atom. The molecule has 2 amide bonds. The van der Waals surface area contributed by atoms with E-state index in [1.807, 2.05) is 30.5 Å². The third kappa shape index (κ3) is 5.79. The Balaban J connectivity index is 1.32. The van der Waals surface area contributed by atoms with Crippen LogP contribution in [0.3, 0.4) is 0 Å². The third-order valence-electron chi connectivity index (χ3n) is 6.51. The predicted octanol–water partition coefficient (Wildman–Crippen LogP) is 3.21. The number of benzene rings is 2. The fraction of sp³-hybridized carbons (Fsp3) is 0.423. The minimum atomic E-state index is -1.06. The molecule has 2 aromatic carbocycles. The highest BCUT2D eigenvalue weighted by Gasteiger charge is 2.37. The summed E-state index contributed by atoms with van der Waals surface area (Å²) < 4.78 is 11.2. The molecule has 2 atom stereocenters. The van der Waals surface area contributed by atoms with E-state index in [9.17, 15) is 19.5 Å². The van der Waals surface area contributed by atoms with Crippen LogP contribution in [0.15, 0.2) is 48.5 Å². The quantitative estimate of drug-likeness (QED) is 0.518. The van der Waals surface area contributed by atoms with Crippen LogP contribution in [-0.4, -0.2) is 78.9 Å². The van der Waals surface area contributed by atoms with E-state index in [0.29, 0.717) is 25.3 Å². The molecule has 1 aliphatic carbocycles. The number of ether oxygens (including phenoxy) is 2. The highest BCUT2D eigenvalue weighted by atomic mass is 32.2. The average molecular weight is 499 g/mol. The van der Waals surface area contributed by atoms with Crippen molar-refractivity contribution in [3.05, 3.63) is 59.7 Å². The summed E-state index contributed by atoms with van der Waals surface area (Å²) in [5.74, 6) is -1.05. The lowest BCUT2D eigenvalue weighted by Gasteiger charge is -2.26. The summed E-state index contributed by atoms with van der Waals surface area (Å²) in [6, 6.07) is 16.3. The first-order valence-electron chi connectivity index (χ1n) is 11.7. The van der Waals surface area contributed by atoms with Gasteiger partial charge in [-0.1, -0.05) is 48.5 Å². The highest BCUT2D eigenvalue weighted by Crippen LogP contribution is 2.44. The summed E-state index contributed by atoms with van der Waals surface area (Å²) in [5.41, 5.74) is 4.60. The summed E-state index contributed by atoms with van der Waals surface area (Å²) in [4.78, 5) is 38.0. The summed E-state index contributed by atoms with van der Waals surface area (Å²) in [6.45, 7) is 0.780. The molecule has 0 unspecified atom stereocenters. The zero-order chi connectivity index (χ0) is 24.8. The number of carboxylic acid groups (broad SMARTS) is 1. The number of carboxylic acids is 1. The molecule has 1 saturated heterocycles. The average Bonchev–Trinajstić information content (AvgIpc) is 3.46. The van der Waals surface area contributed by atoms with Crippen molar-refractivity contribution in [1.29, 1.82) is 0 Å². The van der Waals surface area contributed by atoms with Gasteiger partial charge >= 0.3 is 12.1 Å². The Hall–Kier alpha value is -3.04. The van der Waals surface area contributed by atoms with E-state index in [1.54, 1.807) is 0 Å². The number of aliphatic carboxylic acids is 1. The molecule has 0 bridgehead atoms. The van der Waals surface area contributed by atoms with Crippen LogP contribution in [0.2, 0.25) is 0 Å². The van der Waals surface area contributed by atoms with Gasteiger partial charge in [-0.2, -0.15) is 11.8 Å². The van der Waals surface area contributed by atoms with Crippen LogP contribution in [0.1, 0.15) is 23.5 Å². The number of amides is 2. The minimum absolute atomic E-state index is 0.0293. The smallest absolute Gasteiger partial charge is 0.407 e. The first-order chi connectivity index (χ1) is 17.0. The van der Waals surface area contributed by atoms with Crippen molar-refractivity contribution in [1.82, 2.24) is 10.2 Å². The lowest BCUT2D eigenvalue weighted by molar-refractivity contribution is -0.149. The van der Waals surface area contributed by atoms with Gasteiger partial charge in [0.15, 0.2) is 0 Å². The first kappa shape index (κ1) is 25.1. The fourth-order valence-electron chi connectivity index (χ4n) is 4.79. The van der Waals surface area contributed by atoms with E-state index in [1.165, 1.54) is 16.7 Å². The number of thioether (sulfide) groups is 1. The Morgan fingerprint density at radius 2 is 1.77 bits per heavy atom. The van der Waals surface area contributed by atoms with Gasteiger partial charge in [-0.15, -0.1) is 0 Å². The maximum Gasteiger partial charge on any atom is 0.407 e. The molecule has 2 aromatic rings. The number of hydrogen-bond acceptors (Lipinski definition) is 6. The molecule has 2 aliphatic rings. The van der Waals surface area contributed by atoms with Crippen LogP contribution < -0.4 is 5.32 Å². The van der Waals surface area contributed by atoms with Crippen molar-refractivity contribution < 1.29 is 29.0 Å². The Bertz CT molecular complexity index is 1030. The van der Waals surface area contributed by atoms with Gasteiger partial charge in [-0.25, -0.2) is 4.79 Å². The van der Waals surface area contributed by atoms with Gasteiger partial charge < -0.3 is 24.8 Å². The number of nitrogens with one attached hydrogen (secondary N) is 1. The van der Waals surface area contributed by atoms with Gasteiger partial charge in [0.05, 0.1) is 0 Å². The number of rotatable bonds is 10. The van der Waals surface area contributed by atoms with E-state index in [-0.39, 0.29) is 37.4 Å². The molecule has 2 N–H and O–H groups in total. The molecule has 1 fully saturated rings. The fourth-order valence-corrected chi connectivity index (χ4v) is 5.19. The molecule has 1 aliphatic heterocycles. The van der Waals surface area contributed by atoms with Crippen molar-refractivity contribution in [3.8, 4) is 11.1 Å².